The maximum absolute atomic E-state index is 11.7. The van der Waals surface area contributed by atoms with E-state index in [2.05, 4.69) is 0 Å². The number of alkyl halides is 1. The number of carbonyl (C=O) groups is 2. The van der Waals surface area contributed by atoms with E-state index in [1.165, 1.54) is 19.1 Å². The second-order valence-electron chi connectivity index (χ2n) is 3.21. The zero-order chi connectivity index (χ0) is 12.8. The Bertz CT molecular complexity index is 415. The lowest BCUT2D eigenvalue weighted by atomic mass is 10.1. The first kappa shape index (κ1) is 13.5. The molecular weight excluding hydrogens is 244 g/mol. The van der Waals surface area contributed by atoms with Crippen LogP contribution in [-0.4, -0.2) is 24.1 Å². The van der Waals surface area contributed by atoms with E-state index in [4.69, 9.17) is 21.1 Å². The highest BCUT2D eigenvalue weighted by atomic mass is 35.5. The molecule has 0 radical (unpaired) electrons. The van der Waals surface area contributed by atoms with Crippen molar-refractivity contribution >= 4 is 23.5 Å². The molecule has 0 amide bonds. The van der Waals surface area contributed by atoms with Crippen LogP contribution in [0.5, 0.6) is 0 Å². The molecule has 0 aromatic heterocycles. The number of hydrogen-bond donors (Lipinski definition) is 0. The molecule has 17 heavy (non-hydrogen) atoms. The second kappa shape index (κ2) is 6.25. The van der Waals surface area contributed by atoms with Gasteiger partial charge in [-0.05, 0) is 26.0 Å². The van der Waals surface area contributed by atoms with Crippen LogP contribution < -0.4 is 0 Å². The van der Waals surface area contributed by atoms with Crippen LogP contribution >= 0.6 is 11.6 Å². The minimum Gasteiger partial charge on any atom is -0.462 e. The summed E-state index contributed by atoms with van der Waals surface area (Å²) in [6.45, 7) is 3.46. The van der Waals surface area contributed by atoms with Gasteiger partial charge in [-0.2, -0.15) is 0 Å². The molecule has 1 unspecified atom stereocenters. The molecule has 1 aromatic rings. The molecule has 1 rings (SSSR count). The van der Waals surface area contributed by atoms with Gasteiger partial charge >= 0.3 is 11.9 Å². The van der Waals surface area contributed by atoms with Gasteiger partial charge in [0, 0.05) is 0 Å². The molecule has 0 bridgehead atoms. The van der Waals surface area contributed by atoms with Crippen LogP contribution in [0.4, 0.5) is 0 Å². The summed E-state index contributed by atoms with van der Waals surface area (Å²) in [5.74, 6) is -1.20. The standard InChI is InChI=1S/C12H13ClO4/c1-3-16-11(14)9-6-4-5-7-10(9)12(15)17-8(2)13/h4-8H,3H2,1-2H3. The van der Waals surface area contributed by atoms with Crippen molar-refractivity contribution in [2.24, 2.45) is 0 Å². The van der Waals surface area contributed by atoms with Gasteiger partial charge in [-0.25, -0.2) is 9.59 Å². The minimum atomic E-state index is -0.752. The Labute approximate surface area is 104 Å². The maximum atomic E-state index is 11.7. The number of esters is 2. The highest BCUT2D eigenvalue weighted by Crippen LogP contribution is 2.13. The predicted octanol–water partition coefficient (Wildman–Crippen LogP) is 2.60. The van der Waals surface area contributed by atoms with Crippen LogP contribution in [0.15, 0.2) is 24.3 Å². The van der Waals surface area contributed by atoms with Crippen molar-refractivity contribution in [2.75, 3.05) is 6.61 Å². The molecule has 0 heterocycles. The van der Waals surface area contributed by atoms with E-state index in [9.17, 15) is 9.59 Å². The van der Waals surface area contributed by atoms with E-state index in [0.29, 0.717) is 0 Å². The lowest BCUT2D eigenvalue weighted by Gasteiger charge is -2.09. The van der Waals surface area contributed by atoms with Crippen molar-refractivity contribution < 1.29 is 19.1 Å². The molecule has 5 heteroatoms. The van der Waals surface area contributed by atoms with E-state index < -0.39 is 17.5 Å². The molecule has 0 fully saturated rings. The van der Waals surface area contributed by atoms with Gasteiger partial charge in [-0.15, -0.1) is 0 Å². The normalized spacial score (nSPS) is 11.7. The van der Waals surface area contributed by atoms with Crippen molar-refractivity contribution in [1.29, 1.82) is 0 Å². The van der Waals surface area contributed by atoms with Gasteiger partial charge in [0.25, 0.3) is 0 Å². The van der Waals surface area contributed by atoms with Gasteiger partial charge in [0.1, 0.15) is 0 Å². The SMILES string of the molecule is CCOC(=O)c1ccccc1C(=O)OC(C)Cl. The Hall–Kier alpha value is -1.55. The molecule has 0 aliphatic carbocycles. The Morgan fingerprint density at radius 3 is 2.24 bits per heavy atom. The highest BCUT2D eigenvalue weighted by molar-refractivity contribution is 6.20. The van der Waals surface area contributed by atoms with Crippen molar-refractivity contribution in [1.82, 2.24) is 0 Å². The van der Waals surface area contributed by atoms with Gasteiger partial charge in [0.2, 0.25) is 0 Å². The van der Waals surface area contributed by atoms with Crippen molar-refractivity contribution in [2.45, 2.75) is 19.4 Å². The average Bonchev–Trinajstić information content (AvgIpc) is 2.28. The molecule has 0 aliphatic heterocycles. The molecule has 0 spiro atoms. The number of hydrogen-bond acceptors (Lipinski definition) is 4. The van der Waals surface area contributed by atoms with Crippen molar-refractivity contribution in [3.05, 3.63) is 35.4 Å². The zero-order valence-corrected chi connectivity index (χ0v) is 10.4. The molecule has 0 saturated heterocycles. The smallest absolute Gasteiger partial charge is 0.340 e. The Morgan fingerprint density at radius 1 is 1.24 bits per heavy atom. The van der Waals surface area contributed by atoms with Gasteiger partial charge in [0.05, 0.1) is 17.7 Å². The van der Waals surface area contributed by atoms with Crippen molar-refractivity contribution in [3.63, 3.8) is 0 Å². The fraction of sp³-hybridized carbons (Fsp3) is 0.333. The largest absolute Gasteiger partial charge is 0.462 e. The summed E-state index contributed by atoms with van der Waals surface area (Å²) in [4.78, 5) is 23.3. The van der Waals surface area contributed by atoms with Crippen LogP contribution in [-0.2, 0) is 9.47 Å². The Kier molecular flexibility index (Phi) is 4.97. The fourth-order valence-corrected chi connectivity index (χ4v) is 1.34. The topological polar surface area (TPSA) is 52.6 Å². The lowest BCUT2D eigenvalue weighted by molar-refractivity contribution is 0.0444. The summed E-state index contributed by atoms with van der Waals surface area (Å²) in [5, 5.41) is 0. The molecule has 0 saturated carbocycles. The summed E-state index contributed by atoms with van der Waals surface area (Å²) in [5.41, 5.74) is -0.423. The first-order valence-corrected chi connectivity index (χ1v) is 5.61. The van der Waals surface area contributed by atoms with E-state index >= 15 is 0 Å². The maximum Gasteiger partial charge on any atom is 0.340 e. The van der Waals surface area contributed by atoms with Crippen LogP contribution in [0.25, 0.3) is 0 Å². The number of rotatable bonds is 4. The quantitative estimate of drug-likeness (QED) is 0.614. The first-order valence-electron chi connectivity index (χ1n) is 5.17. The summed E-state index contributed by atoms with van der Waals surface area (Å²) < 4.78 is 9.67. The second-order valence-corrected chi connectivity index (χ2v) is 3.83. The summed E-state index contributed by atoms with van der Waals surface area (Å²) in [7, 11) is 0. The van der Waals surface area contributed by atoms with Gasteiger partial charge in [-0.1, -0.05) is 23.7 Å². The number of carbonyl (C=O) groups excluding carboxylic acids is 2. The van der Waals surface area contributed by atoms with Crippen LogP contribution in [0.2, 0.25) is 0 Å². The van der Waals surface area contributed by atoms with Gasteiger partial charge in [0.15, 0.2) is 5.56 Å². The molecule has 0 aliphatic rings. The van der Waals surface area contributed by atoms with Gasteiger partial charge < -0.3 is 9.47 Å². The number of ether oxygens (including phenoxy) is 2. The average molecular weight is 257 g/mol. The molecule has 92 valence electrons. The number of benzene rings is 1. The zero-order valence-electron chi connectivity index (χ0n) is 9.60. The van der Waals surface area contributed by atoms with Crippen LogP contribution in [0.3, 0.4) is 0 Å². The lowest BCUT2D eigenvalue weighted by Crippen LogP contribution is -2.15. The van der Waals surface area contributed by atoms with E-state index in [0.717, 1.165) is 0 Å². The highest BCUT2D eigenvalue weighted by Gasteiger charge is 2.19. The summed E-state index contributed by atoms with van der Waals surface area (Å²) >= 11 is 5.56. The van der Waals surface area contributed by atoms with E-state index in [-0.39, 0.29) is 17.7 Å². The van der Waals surface area contributed by atoms with Crippen molar-refractivity contribution in [3.8, 4) is 0 Å². The molecule has 0 N–H and O–H groups in total. The Morgan fingerprint density at radius 2 is 1.76 bits per heavy atom. The third-order valence-corrected chi connectivity index (χ3v) is 2.00. The molecular formula is C12H13ClO4. The predicted molar refractivity (Wildman–Crippen MR) is 63.1 cm³/mol. The van der Waals surface area contributed by atoms with Crippen LogP contribution in [0.1, 0.15) is 34.6 Å². The first-order chi connectivity index (χ1) is 8.06. The van der Waals surface area contributed by atoms with Gasteiger partial charge in [-0.3, -0.25) is 0 Å². The molecule has 4 nitrogen and oxygen atoms in total. The summed E-state index contributed by atoms with van der Waals surface area (Å²) in [6, 6.07) is 6.28. The molecule has 1 aromatic carbocycles. The third-order valence-electron chi connectivity index (χ3n) is 1.91. The summed E-state index contributed by atoms with van der Waals surface area (Å²) in [6.07, 6.45) is 0. The van der Waals surface area contributed by atoms with E-state index in [1.807, 2.05) is 0 Å². The van der Waals surface area contributed by atoms with Crippen LogP contribution in [0, 0.1) is 0 Å². The Balaban J connectivity index is 2.99. The minimum absolute atomic E-state index is 0.151. The fourth-order valence-electron chi connectivity index (χ4n) is 1.26. The molecule has 1 atom stereocenters. The number of halogens is 1. The third kappa shape index (κ3) is 3.75. The van der Waals surface area contributed by atoms with E-state index in [1.54, 1.807) is 19.1 Å². The monoisotopic (exact) mass is 256 g/mol.